The minimum atomic E-state index is -3.60. The number of nitrogens with zero attached hydrogens (tertiary/aromatic N) is 4. The second-order valence-corrected chi connectivity index (χ2v) is 8.94. The SMILES string of the molecule is Cc1noc(C)c1S(=O)(=O)N1CCC(c2nnc(-c3ccsc3)o2)CC1. The fourth-order valence-corrected chi connectivity index (χ4v) is 5.61. The molecule has 3 aromatic rings. The number of hydrogen-bond donors (Lipinski definition) is 0. The first kappa shape index (κ1) is 17.4. The van der Waals surface area contributed by atoms with Crippen LogP contribution in [0.4, 0.5) is 0 Å². The Morgan fingerprint density at radius 3 is 2.62 bits per heavy atom. The van der Waals surface area contributed by atoms with Crippen molar-refractivity contribution in [3.05, 3.63) is 34.2 Å². The van der Waals surface area contributed by atoms with E-state index in [2.05, 4.69) is 15.4 Å². The average molecular weight is 394 g/mol. The first-order valence-electron chi connectivity index (χ1n) is 8.26. The highest BCUT2D eigenvalue weighted by atomic mass is 32.2. The van der Waals surface area contributed by atoms with Crippen LogP contribution in [0.25, 0.3) is 11.5 Å². The smallest absolute Gasteiger partial charge is 0.248 e. The Balaban J connectivity index is 1.48. The van der Waals surface area contributed by atoms with Gasteiger partial charge in [0.15, 0.2) is 5.76 Å². The second-order valence-electron chi connectivity index (χ2n) is 6.29. The van der Waals surface area contributed by atoms with Crippen LogP contribution in [0, 0.1) is 13.8 Å². The largest absolute Gasteiger partial charge is 0.420 e. The maximum absolute atomic E-state index is 12.9. The molecule has 1 saturated heterocycles. The van der Waals surface area contributed by atoms with Crippen molar-refractivity contribution >= 4 is 21.4 Å². The highest BCUT2D eigenvalue weighted by molar-refractivity contribution is 7.89. The van der Waals surface area contributed by atoms with Gasteiger partial charge in [-0.2, -0.15) is 15.6 Å². The Morgan fingerprint density at radius 2 is 2.00 bits per heavy atom. The predicted octanol–water partition coefficient (Wildman–Crippen LogP) is 2.97. The van der Waals surface area contributed by atoms with Crippen LogP contribution in [-0.4, -0.2) is 41.2 Å². The number of sulfonamides is 1. The number of thiophene rings is 1. The normalized spacial score (nSPS) is 17.0. The van der Waals surface area contributed by atoms with Crippen LogP contribution in [-0.2, 0) is 10.0 Å². The zero-order chi connectivity index (χ0) is 18.3. The fraction of sp³-hybridized carbons (Fsp3) is 0.438. The summed E-state index contributed by atoms with van der Waals surface area (Å²) in [6.45, 7) is 4.05. The van der Waals surface area contributed by atoms with Gasteiger partial charge in [0, 0.05) is 30.0 Å². The van der Waals surface area contributed by atoms with Gasteiger partial charge in [-0.1, -0.05) is 5.16 Å². The van der Waals surface area contributed by atoms with Crippen molar-refractivity contribution in [2.75, 3.05) is 13.1 Å². The van der Waals surface area contributed by atoms with Crippen molar-refractivity contribution in [2.45, 2.75) is 37.5 Å². The van der Waals surface area contributed by atoms with Crippen molar-refractivity contribution in [3.63, 3.8) is 0 Å². The summed E-state index contributed by atoms with van der Waals surface area (Å²) in [4.78, 5) is 0.175. The topological polar surface area (TPSA) is 102 Å². The number of piperidine rings is 1. The van der Waals surface area contributed by atoms with E-state index in [4.69, 9.17) is 8.94 Å². The molecule has 10 heteroatoms. The van der Waals surface area contributed by atoms with Gasteiger partial charge in [0.25, 0.3) is 0 Å². The van der Waals surface area contributed by atoms with E-state index in [1.54, 1.807) is 25.2 Å². The number of rotatable bonds is 4. The van der Waals surface area contributed by atoms with Crippen molar-refractivity contribution in [2.24, 2.45) is 0 Å². The van der Waals surface area contributed by atoms with Gasteiger partial charge >= 0.3 is 0 Å². The molecule has 26 heavy (non-hydrogen) atoms. The van der Waals surface area contributed by atoms with E-state index < -0.39 is 10.0 Å². The number of aryl methyl sites for hydroxylation is 2. The maximum Gasteiger partial charge on any atom is 0.248 e. The van der Waals surface area contributed by atoms with Crippen molar-refractivity contribution < 1.29 is 17.4 Å². The van der Waals surface area contributed by atoms with Gasteiger partial charge in [0.05, 0.1) is 0 Å². The number of hydrogen-bond acceptors (Lipinski definition) is 8. The van der Waals surface area contributed by atoms with Crippen LogP contribution in [0.15, 0.2) is 30.7 Å². The Bertz CT molecular complexity index is 980. The van der Waals surface area contributed by atoms with Crippen LogP contribution in [0.5, 0.6) is 0 Å². The van der Waals surface area contributed by atoms with Gasteiger partial charge in [-0.3, -0.25) is 0 Å². The van der Waals surface area contributed by atoms with E-state index in [9.17, 15) is 8.42 Å². The summed E-state index contributed by atoms with van der Waals surface area (Å²) >= 11 is 1.57. The lowest BCUT2D eigenvalue weighted by Gasteiger charge is -2.29. The molecular formula is C16H18N4O4S2. The molecule has 0 amide bonds. The summed E-state index contributed by atoms with van der Waals surface area (Å²) in [6, 6.07) is 1.93. The lowest BCUT2D eigenvalue weighted by Crippen LogP contribution is -2.38. The third-order valence-electron chi connectivity index (χ3n) is 4.58. The minimum absolute atomic E-state index is 0.0611. The first-order chi connectivity index (χ1) is 12.5. The Kier molecular flexibility index (Phi) is 4.41. The molecule has 1 aliphatic rings. The van der Waals surface area contributed by atoms with E-state index in [0.717, 1.165) is 5.56 Å². The Morgan fingerprint density at radius 1 is 1.23 bits per heavy atom. The van der Waals surface area contributed by atoms with Crippen LogP contribution >= 0.6 is 11.3 Å². The van der Waals surface area contributed by atoms with Crippen LogP contribution in [0.3, 0.4) is 0 Å². The molecule has 0 unspecified atom stereocenters. The Hall–Kier alpha value is -2.04. The van der Waals surface area contributed by atoms with E-state index in [1.807, 2.05) is 16.8 Å². The van der Waals surface area contributed by atoms with Gasteiger partial charge in [0.2, 0.25) is 21.8 Å². The molecule has 4 rings (SSSR count). The summed E-state index contributed by atoms with van der Waals surface area (Å²) in [7, 11) is -3.60. The average Bonchev–Trinajstić information content (AvgIpc) is 3.35. The molecule has 1 aliphatic heterocycles. The minimum Gasteiger partial charge on any atom is -0.420 e. The van der Waals surface area contributed by atoms with Crippen LogP contribution < -0.4 is 0 Å². The highest BCUT2D eigenvalue weighted by Gasteiger charge is 2.35. The third kappa shape index (κ3) is 2.97. The summed E-state index contributed by atoms with van der Waals surface area (Å²) in [5.41, 5.74) is 1.30. The first-order valence-corrected chi connectivity index (χ1v) is 10.6. The van der Waals surface area contributed by atoms with E-state index >= 15 is 0 Å². The van der Waals surface area contributed by atoms with E-state index in [1.165, 1.54) is 4.31 Å². The summed E-state index contributed by atoms with van der Waals surface area (Å²) in [6.07, 6.45) is 1.27. The molecule has 0 aliphatic carbocycles. The quantitative estimate of drug-likeness (QED) is 0.670. The molecule has 0 spiro atoms. The molecular weight excluding hydrogens is 376 g/mol. The van der Waals surface area contributed by atoms with Gasteiger partial charge in [-0.25, -0.2) is 8.42 Å². The molecule has 0 N–H and O–H groups in total. The summed E-state index contributed by atoms with van der Waals surface area (Å²) in [5.74, 6) is 1.46. The van der Waals surface area contributed by atoms with E-state index in [-0.39, 0.29) is 10.8 Å². The Labute approximate surface area is 154 Å². The predicted molar refractivity (Wildman–Crippen MR) is 94.3 cm³/mol. The molecule has 0 bridgehead atoms. The third-order valence-corrected chi connectivity index (χ3v) is 7.40. The van der Waals surface area contributed by atoms with Crippen molar-refractivity contribution in [1.29, 1.82) is 0 Å². The molecule has 0 aromatic carbocycles. The van der Waals surface area contributed by atoms with Crippen molar-refractivity contribution in [3.8, 4) is 11.5 Å². The van der Waals surface area contributed by atoms with Crippen LogP contribution in [0.1, 0.15) is 36.1 Å². The maximum atomic E-state index is 12.9. The molecule has 0 atom stereocenters. The van der Waals surface area contributed by atoms with Gasteiger partial charge < -0.3 is 8.94 Å². The van der Waals surface area contributed by atoms with Crippen LogP contribution in [0.2, 0.25) is 0 Å². The molecule has 8 nitrogen and oxygen atoms in total. The number of aromatic nitrogens is 3. The van der Waals surface area contributed by atoms with Gasteiger partial charge in [-0.15, -0.1) is 10.2 Å². The standard InChI is InChI=1S/C16H18N4O4S2/c1-10-14(11(2)24-19-10)26(21,22)20-6-3-12(4-7-20)15-17-18-16(23-15)13-5-8-25-9-13/h5,8-9,12H,3-4,6-7H2,1-2H3. The lowest BCUT2D eigenvalue weighted by atomic mass is 9.98. The second kappa shape index (κ2) is 6.60. The molecule has 0 radical (unpaired) electrons. The zero-order valence-corrected chi connectivity index (χ0v) is 16.0. The molecule has 1 fully saturated rings. The molecule has 3 aromatic heterocycles. The van der Waals surface area contributed by atoms with E-state index in [0.29, 0.717) is 49.2 Å². The zero-order valence-electron chi connectivity index (χ0n) is 14.4. The van der Waals surface area contributed by atoms with Gasteiger partial charge in [0.1, 0.15) is 10.6 Å². The van der Waals surface area contributed by atoms with Crippen molar-refractivity contribution in [1.82, 2.24) is 19.7 Å². The summed E-state index contributed by atoms with van der Waals surface area (Å²) < 4.78 is 38.0. The molecule has 4 heterocycles. The highest BCUT2D eigenvalue weighted by Crippen LogP contribution is 2.33. The fourth-order valence-electron chi connectivity index (χ4n) is 3.22. The monoisotopic (exact) mass is 394 g/mol. The van der Waals surface area contributed by atoms with Gasteiger partial charge in [-0.05, 0) is 38.1 Å². The molecule has 138 valence electrons. The lowest BCUT2D eigenvalue weighted by molar-refractivity contribution is 0.291. The molecule has 0 saturated carbocycles. The summed E-state index contributed by atoms with van der Waals surface area (Å²) in [5, 5.41) is 15.9.